The van der Waals surface area contributed by atoms with Crippen LogP contribution < -0.4 is 10.6 Å². The third-order valence-corrected chi connectivity index (χ3v) is 3.95. The molecule has 0 saturated heterocycles. The van der Waals surface area contributed by atoms with Crippen LogP contribution in [0.15, 0.2) is 48.8 Å². The first kappa shape index (κ1) is 17.7. The van der Waals surface area contributed by atoms with E-state index in [0.717, 1.165) is 16.7 Å². The molecule has 6 heteroatoms. The summed E-state index contributed by atoms with van der Waals surface area (Å²) in [6, 6.07) is 13.5. The average molecular weight is 350 g/mol. The van der Waals surface area contributed by atoms with Crippen molar-refractivity contribution in [1.29, 1.82) is 0 Å². The van der Waals surface area contributed by atoms with Crippen LogP contribution in [0.3, 0.4) is 0 Å². The number of carbonyl (C=O) groups excluding carboxylic acids is 2. The zero-order valence-electron chi connectivity index (χ0n) is 15.1. The highest BCUT2D eigenvalue weighted by atomic mass is 16.2. The number of rotatable bonds is 5. The minimum absolute atomic E-state index is 0.0429. The van der Waals surface area contributed by atoms with E-state index in [0.29, 0.717) is 5.56 Å². The number of imidazole rings is 1. The quantitative estimate of drug-likeness (QED) is 0.743. The van der Waals surface area contributed by atoms with Crippen molar-refractivity contribution in [3.63, 3.8) is 0 Å². The molecular weight excluding hydrogens is 328 g/mol. The summed E-state index contributed by atoms with van der Waals surface area (Å²) in [5.74, 6) is -0.505. The summed E-state index contributed by atoms with van der Waals surface area (Å²) in [5, 5.41) is 5.37. The molecule has 1 aromatic heterocycles. The predicted octanol–water partition coefficient (Wildman–Crippen LogP) is 2.59. The average Bonchev–Trinajstić information content (AvgIpc) is 3.02. The van der Waals surface area contributed by atoms with E-state index in [-0.39, 0.29) is 24.4 Å². The third-order valence-electron chi connectivity index (χ3n) is 3.95. The zero-order valence-corrected chi connectivity index (χ0v) is 15.1. The van der Waals surface area contributed by atoms with Crippen molar-refractivity contribution in [2.75, 3.05) is 6.54 Å². The molecule has 0 aliphatic heterocycles. The van der Waals surface area contributed by atoms with Gasteiger partial charge in [-0.25, -0.2) is 4.98 Å². The van der Waals surface area contributed by atoms with Gasteiger partial charge < -0.3 is 10.6 Å². The summed E-state index contributed by atoms with van der Waals surface area (Å²) < 4.78 is 1.99. The lowest BCUT2D eigenvalue weighted by Gasteiger charge is -2.09. The van der Waals surface area contributed by atoms with E-state index >= 15 is 0 Å². The Morgan fingerprint density at radius 2 is 1.96 bits per heavy atom. The number of aryl methyl sites for hydroxylation is 1. The second kappa shape index (κ2) is 7.39. The molecule has 0 aliphatic carbocycles. The van der Waals surface area contributed by atoms with Crippen molar-refractivity contribution in [3.05, 3.63) is 59.9 Å². The van der Waals surface area contributed by atoms with Crippen LogP contribution in [0.1, 0.15) is 29.8 Å². The van der Waals surface area contributed by atoms with Gasteiger partial charge in [-0.3, -0.25) is 14.2 Å². The van der Waals surface area contributed by atoms with E-state index in [1.54, 1.807) is 18.5 Å². The Labute approximate surface area is 152 Å². The lowest BCUT2D eigenvalue weighted by atomic mass is 10.1. The van der Waals surface area contributed by atoms with E-state index in [4.69, 9.17) is 0 Å². The fourth-order valence-electron chi connectivity index (χ4n) is 2.77. The maximum Gasteiger partial charge on any atom is 0.251 e. The topological polar surface area (TPSA) is 76.0 Å². The van der Waals surface area contributed by atoms with E-state index in [2.05, 4.69) is 21.7 Å². The van der Waals surface area contributed by atoms with Gasteiger partial charge in [-0.2, -0.15) is 0 Å². The highest BCUT2D eigenvalue weighted by Gasteiger charge is 2.12. The van der Waals surface area contributed by atoms with Gasteiger partial charge in [0.05, 0.1) is 17.6 Å². The van der Waals surface area contributed by atoms with Crippen molar-refractivity contribution >= 4 is 22.8 Å². The Morgan fingerprint density at radius 1 is 1.15 bits per heavy atom. The van der Waals surface area contributed by atoms with Crippen molar-refractivity contribution in [2.24, 2.45) is 0 Å². The fraction of sp³-hybridized carbons (Fsp3) is 0.250. The lowest BCUT2D eigenvalue weighted by Crippen LogP contribution is -2.39. The van der Waals surface area contributed by atoms with Crippen LogP contribution in [0.5, 0.6) is 0 Å². The van der Waals surface area contributed by atoms with Crippen LogP contribution in [0.25, 0.3) is 16.7 Å². The Morgan fingerprint density at radius 3 is 2.69 bits per heavy atom. The number of benzene rings is 2. The van der Waals surface area contributed by atoms with Gasteiger partial charge in [0.25, 0.3) is 5.91 Å². The molecule has 0 radical (unpaired) electrons. The first-order valence-corrected chi connectivity index (χ1v) is 8.56. The van der Waals surface area contributed by atoms with Crippen molar-refractivity contribution in [2.45, 2.75) is 26.8 Å². The fourth-order valence-corrected chi connectivity index (χ4v) is 2.77. The molecule has 3 rings (SSSR count). The predicted molar refractivity (Wildman–Crippen MR) is 101 cm³/mol. The number of amides is 2. The number of carbonyl (C=O) groups is 2. The van der Waals surface area contributed by atoms with Crippen molar-refractivity contribution in [1.82, 2.24) is 20.2 Å². The smallest absolute Gasteiger partial charge is 0.251 e. The maximum absolute atomic E-state index is 12.3. The molecule has 0 unspecified atom stereocenters. The molecular formula is C20H22N4O2. The molecule has 0 atom stereocenters. The number of nitrogens with zero attached hydrogens (tertiary/aromatic N) is 2. The first-order valence-electron chi connectivity index (χ1n) is 8.56. The highest BCUT2D eigenvalue weighted by molar-refractivity contribution is 5.99. The van der Waals surface area contributed by atoms with Gasteiger partial charge in [-0.1, -0.05) is 12.1 Å². The van der Waals surface area contributed by atoms with Gasteiger partial charge >= 0.3 is 0 Å². The largest absolute Gasteiger partial charge is 0.352 e. The summed E-state index contributed by atoms with van der Waals surface area (Å²) in [5.41, 5.74) is 4.31. The van der Waals surface area contributed by atoms with Gasteiger partial charge in [0.1, 0.15) is 6.33 Å². The molecule has 0 spiro atoms. The lowest BCUT2D eigenvalue weighted by molar-refractivity contribution is -0.120. The van der Waals surface area contributed by atoms with Crippen LogP contribution in [-0.2, 0) is 4.79 Å². The van der Waals surface area contributed by atoms with Crippen LogP contribution in [0.2, 0.25) is 0 Å². The second-order valence-electron chi connectivity index (χ2n) is 6.56. The standard InChI is InChI=1S/C20H22N4O2/c1-13(2)23-19(25)11-21-20(26)15-7-8-18-17(10-15)22-12-24(18)16-6-4-5-14(3)9-16/h4-10,12-13H,11H2,1-3H3,(H,21,26)(H,23,25). The second-order valence-corrected chi connectivity index (χ2v) is 6.56. The monoisotopic (exact) mass is 350 g/mol. The molecule has 0 bridgehead atoms. The number of nitrogens with one attached hydrogen (secondary N) is 2. The van der Waals surface area contributed by atoms with Gasteiger partial charge in [0, 0.05) is 17.3 Å². The summed E-state index contributed by atoms with van der Waals surface area (Å²) in [6.07, 6.45) is 1.75. The Hall–Kier alpha value is -3.15. The summed E-state index contributed by atoms with van der Waals surface area (Å²) in [6.45, 7) is 5.74. The van der Waals surface area contributed by atoms with Crippen LogP contribution in [0, 0.1) is 6.92 Å². The Bertz CT molecular complexity index is 959. The number of fused-ring (bicyclic) bond motifs is 1. The van der Waals surface area contributed by atoms with Gasteiger partial charge in [0.15, 0.2) is 0 Å². The third kappa shape index (κ3) is 3.91. The molecule has 1 heterocycles. The van der Waals surface area contributed by atoms with Crippen LogP contribution in [0.4, 0.5) is 0 Å². The number of hydrogen-bond donors (Lipinski definition) is 2. The van der Waals surface area contributed by atoms with Gasteiger partial charge in [-0.15, -0.1) is 0 Å². The van der Waals surface area contributed by atoms with Gasteiger partial charge in [-0.05, 0) is 56.7 Å². The zero-order chi connectivity index (χ0) is 18.7. The van der Waals surface area contributed by atoms with E-state index in [9.17, 15) is 9.59 Å². The van der Waals surface area contributed by atoms with Gasteiger partial charge in [0.2, 0.25) is 5.91 Å². The molecule has 0 saturated carbocycles. The summed E-state index contributed by atoms with van der Waals surface area (Å²) >= 11 is 0. The molecule has 2 N–H and O–H groups in total. The normalized spacial score (nSPS) is 10.9. The molecule has 2 aromatic carbocycles. The van der Waals surface area contributed by atoms with E-state index in [1.165, 1.54) is 5.56 Å². The van der Waals surface area contributed by atoms with E-state index < -0.39 is 0 Å². The Balaban J connectivity index is 1.78. The molecule has 134 valence electrons. The van der Waals surface area contributed by atoms with Crippen LogP contribution >= 0.6 is 0 Å². The maximum atomic E-state index is 12.3. The van der Waals surface area contributed by atoms with E-state index in [1.807, 2.05) is 49.6 Å². The Kier molecular flexibility index (Phi) is 5.02. The summed E-state index contributed by atoms with van der Waals surface area (Å²) in [4.78, 5) is 28.3. The molecule has 0 aliphatic rings. The van der Waals surface area contributed by atoms with Crippen LogP contribution in [-0.4, -0.2) is 34.0 Å². The first-order chi connectivity index (χ1) is 12.4. The molecule has 0 fully saturated rings. The molecule has 2 amide bonds. The van der Waals surface area contributed by atoms with Crippen molar-refractivity contribution in [3.8, 4) is 5.69 Å². The minimum atomic E-state index is -0.295. The summed E-state index contributed by atoms with van der Waals surface area (Å²) in [7, 11) is 0. The molecule has 3 aromatic rings. The highest BCUT2D eigenvalue weighted by Crippen LogP contribution is 2.20. The minimum Gasteiger partial charge on any atom is -0.352 e. The molecule has 6 nitrogen and oxygen atoms in total. The number of hydrogen-bond acceptors (Lipinski definition) is 3. The SMILES string of the molecule is Cc1cccc(-n2cnc3cc(C(=O)NCC(=O)NC(C)C)ccc32)c1. The number of aromatic nitrogens is 2. The van der Waals surface area contributed by atoms with Crippen molar-refractivity contribution < 1.29 is 9.59 Å². The molecule has 26 heavy (non-hydrogen) atoms.